The highest BCUT2D eigenvalue weighted by molar-refractivity contribution is 5.89. The van der Waals surface area contributed by atoms with Crippen molar-refractivity contribution in [1.29, 1.82) is 0 Å². The normalized spacial score (nSPS) is 14.0. The third-order valence-electron chi connectivity index (χ3n) is 6.07. The highest BCUT2D eigenvalue weighted by Crippen LogP contribution is 2.45. The monoisotopic (exact) mass is 598 g/mol. The van der Waals surface area contributed by atoms with Crippen LogP contribution in [0.4, 0.5) is 26.3 Å². The predicted octanol–water partition coefficient (Wildman–Crippen LogP) is 2.79. The van der Waals surface area contributed by atoms with Gasteiger partial charge in [0.2, 0.25) is 0 Å². The molecular formula is C24H36F6O10. The molecule has 0 aliphatic heterocycles. The van der Waals surface area contributed by atoms with Crippen molar-refractivity contribution >= 4 is 23.7 Å². The molecule has 10 nitrogen and oxygen atoms in total. The van der Waals surface area contributed by atoms with Gasteiger partial charge in [0.15, 0.2) is 17.0 Å². The summed E-state index contributed by atoms with van der Waals surface area (Å²) < 4.78 is 94.3. The molecule has 3 N–H and O–H groups in total. The number of carbonyl (C=O) groups excluding carboxylic acids is 4. The SMILES string of the molecule is CCC(C)(C)C(=O)OCC(CCC(=O)C(O)(C(F)(F)F)C(F)(F)F)(COC(=O)C(C)(C)O)COC(=O)C(C)(C)O. The van der Waals surface area contributed by atoms with E-state index in [9.17, 15) is 60.8 Å². The van der Waals surface area contributed by atoms with Crippen molar-refractivity contribution in [3.05, 3.63) is 0 Å². The predicted molar refractivity (Wildman–Crippen MR) is 123 cm³/mol. The molecule has 0 unspecified atom stereocenters. The second-order valence-electron chi connectivity index (χ2n) is 11.2. The van der Waals surface area contributed by atoms with Gasteiger partial charge in [-0.1, -0.05) is 6.92 Å². The van der Waals surface area contributed by atoms with Crippen LogP contribution in [0.3, 0.4) is 0 Å². The Balaban J connectivity index is 6.59. The van der Waals surface area contributed by atoms with Crippen molar-refractivity contribution in [1.82, 2.24) is 0 Å². The van der Waals surface area contributed by atoms with Crippen molar-refractivity contribution in [2.75, 3.05) is 19.8 Å². The van der Waals surface area contributed by atoms with Crippen LogP contribution in [0.5, 0.6) is 0 Å². The number of alkyl halides is 6. The number of ether oxygens (including phenoxy) is 3. The van der Waals surface area contributed by atoms with Crippen molar-refractivity contribution in [2.45, 2.75) is 96.9 Å². The van der Waals surface area contributed by atoms with Gasteiger partial charge in [-0.25, -0.2) is 9.59 Å². The highest BCUT2D eigenvalue weighted by atomic mass is 19.4. The van der Waals surface area contributed by atoms with Gasteiger partial charge in [0.05, 0.1) is 10.8 Å². The summed E-state index contributed by atoms with van der Waals surface area (Å²) in [6.45, 7) is 5.44. The molecule has 0 aromatic heterocycles. The largest absolute Gasteiger partial charge is 0.464 e. The van der Waals surface area contributed by atoms with Crippen LogP contribution in [0.1, 0.15) is 67.7 Å². The van der Waals surface area contributed by atoms with Crippen LogP contribution in [0.15, 0.2) is 0 Å². The maximum atomic E-state index is 13.2. The van der Waals surface area contributed by atoms with Gasteiger partial charge >= 0.3 is 35.9 Å². The summed E-state index contributed by atoms with van der Waals surface area (Å²) in [5, 5.41) is 29.1. The van der Waals surface area contributed by atoms with Crippen molar-refractivity contribution in [3.63, 3.8) is 0 Å². The van der Waals surface area contributed by atoms with E-state index in [1.165, 1.54) is 13.8 Å². The molecular weight excluding hydrogens is 562 g/mol. The number of hydrogen-bond acceptors (Lipinski definition) is 10. The Bertz CT molecular complexity index is 882. The summed E-state index contributed by atoms with van der Waals surface area (Å²) in [7, 11) is 0. The van der Waals surface area contributed by atoms with E-state index in [-0.39, 0.29) is 6.42 Å². The van der Waals surface area contributed by atoms with Gasteiger partial charge in [0.1, 0.15) is 19.8 Å². The smallest absolute Gasteiger partial charge is 0.433 e. The minimum Gasteiger partial charge on any atom is -0.464 e. The minimum atomic E-state index is -6.47. The van der Waals surface area contributed by atoms with E-state index in [1.807, 2.05) is 0 Å². The summed E-state index contributed by atoms with van der Waals surface area (Å²) in [6.07, 6.45) is -15.5. The molecule has 0 amide bonds. The molecule has 0 aromatic rings. The second kappa shape index (κ2) is 12.6. The third kappa shape index (κ3) is 9.58. The minimum absolute atomic E-state index is 0.225. The molecule has 0 spiro atoms. The molecule has 0 aromatic carbocycles. The van der Waals surface area contributed by atoms with Crippen molar-refractivity contribution < 1.29 is 75.1 Å². The first-order valence-electron chi connectivity index (χ1n) is 11.9. The molecule has 0 atom stereocenters. The molecule has 0 saturated carbocycles. The Hall–Kier alpha value is -2.46. The Morgan fingerprint density at radius 2 is 0.950 bits per heavy atom. The van der Waals surface area contributed by atoms with Gasteiger partial charge in [-0.2, -0.15) is 26.3 Å². The van der Waals surface area contributed by atoms with Crippen molar-refractivity contribution in [2.24, 2.45) is 10.8 Å². The van der Waals surface area contributed by atoms with Crippen LogP contribution >= 0.6 is 0 Å². The Kier molecular flexibility index (Phi) is 11.8. The molecule has 234 valence electrons. The van der Waals surface area contributed by atoms with Crippen molar-refractivity contribution in [3.8, 4) is 0 Å². The number of rotatable bonds is 14. The van der Waals surface area contributed by atoms with Crippen LogP contribution in [0.25, 0.3) is 0 Å². The summed E-state index contributed by atoms with van der Waals surface area (Å²) in [4.78, 5) is 49.2. The molecule has 0 aliphatic rings. The topological polar surface area (TPSA) is 157 Å². The lowest BCUT2D eigenvalue weighted by Crippen LogP contribution is -2.62. The molecule has 0 bridgehead atoms. The van der Waals surface area contributed by atoms with Gasteiger partial charge in [-0.05, 0) is 54.4 Å². The van der Waals surface area contributed by atoms with E-state index in [0.29, 0.717) is 0 Å². The summed E-state index contributed by atoms with van der Waals surface area (Å²) in [5.74, 6) is -6.31. The number of carbonyl (C=O) groups is 4. The Morgan fingerprint density at radius 3 is 1.23 bits per heavy atom. The summed E-state index contributed by atoms with van der Waals surface area (Å²) >= 11 is 0. The number of ketones is 1. The van der Waals surface area contributed by atoms with Crippen LogP contribution < -0.4 is 0 Å². The fraction of sp³-hybridized carbons (Fsp3) is 0.833. The number of aliphatic hydroxyl groups is 3. The van der Waals surface area contributed by atoms with E-state index in [1.54, 1.807) is 6.92 Å². The van der Waals surface area contributed by atoms with E-state index < -0.39 is 96.3 Å². The standard InChI is InChI=1S/C24H36F6O10/c1-8-18(2,3)15(32)38-11-21(12-39-16(33)19(4,5)35,13-40-17(34)20(6,7)36)10-9-14(31)22(37,23(25,26)27)24(28,29)30/h35-37H,8-13H2,1-7H3. The quantitative estimate of drug-likeness (QED) is 0.154. The van der Waals surface area contributed by atoms with Crippen LogP contribution in [0.2, 0.25) is 0 Å². The third-order valence-corrected chi connectivity index (χ3v) is 6.07. The summed E-state index contributed by atoms with van der Waals surface area (Å²) in [5.41, 5.74) is -13.4. The first-order valence-corrected chi connectivity index (χ1v) is 11.9. The van der Waals surface area contributed by atoms with Crippen LogP contribution in [0, 0.1) is 10.8 Å². The fourth-order valence-electron chi connectivity index (χ4n) is 2.73. The highest BCUT2D eigenvalue weighted by Gasteiger charge is 2.74. The fourth-order valence-corrected chi connectivity index (χ4v) is 2.73. The molecule has 40 heavy (non-hydrogen) atoms. The van der Waals surface area contributed by atoms with Crippen LogP contribution in [-0.4, -0.2) is 88.0 Å². The zero-order valence-corrected chi connectivity index (χ0v) is 23.2. The first kappa shape index (κ1) is 37.5. The second-order valence-corrected chi connectivity index (χ2v) is 11.2. The maximum absolute atomic E-state index is 13.2. The lowest BCUT2D eigenvalue weighted by Gasteiger charge is -2.36. The number of hydrogen-bond donors (Lipinski definition) is 3. The number of halogens is 6. The zero-order valence-electron chi connectivity index (χ0n) is 23.2. The first-order chi connectivity index (χ1) is 17.6. The average molecular weight is 599 g/mol. The molecule has 0 rings (SSSR count). The molecule has 0 heterocycles. The number of Topliss-reactive ketones (excluding diaryl/α,β-unsaturated/α-hetero) is 1. The van der Waals surface area contributed by atoms with Crippen LogP contribution in [-0.2, 0) is 33.4 Å². The molecule has 0 saturated heterocycles. The van der Waals surface area contributed by atoms with Gasteiger partial charge in [0.25, 0.3) is 0 Å². The van der Waals surface area contributed by atoms with Gasteiger partial charge in [0, 0.05) is 6.42 Å². The van der Waals surface area contributed by atoms with E-state index in [4.69, 9.17) is 14.2 Å². The summed E-state index contributed by atoms with van der Waals surface area (Å²) in [6, 6.07) is 0. The Labute approximate surface area is 226 Å². The number of esters is 3. The average Bonchev–Trinajstić information content (AvgIpc) is 2.78. The van der Waals surface area contributed by atoms with E-state index >= 15 is 0 Å². The Morgan fingerprint density at radius 1 is 0.625 bits per heavy atom. The lowest BCUT2D eigenvalue weighted by molar-refractivity contribution is -0.349. The van der Waals surface area contributed by atoms with E-state index in [0.717, 1.165) is 27.7 Å². The molecule has 0 aliphatic carbocycles. The van der Waals surface area contributed by atoms with Gasteiger partial charge in [-0.15, -0.1) is 0 Å². The molecule has 0 radical (unpaired) electrons. The lowest BCUT2D eigenvalue weighted by atomic mass is 9.81. The molecule has 16 heteroatoms. The van der Waals surface area contributed by atoms with Gasteiger partial charge < -0.3 is 29.5 Å². The maximum Gasteiger partial charge on any atom is 0.433 e. The van der Waals surface area contributed by atoms with E-state index in [2.05, 4.69) is 0 Å². The zero-order chi connectivity index (χ0) is 32.2. The molecule has 0 fully saturated rings. The van der Waals surface area contributed by atoms with Gasteiger partial charge in [-0.3, -0.25) is 9.59 Å².